The van der Waals surface area contributed by atoms with Gasteiger partial charge in [-0.2, -0.15) is 4.31 Å². The van der Waals surface area contributed by atoms with Crippen molar-refractivity contribution in [2.75, 3.05) is 5.75 Å². The van der Waals surface area contributed by atoms with Crippen LogP contribution in [0.5, 0.6) is 0 Å². The number of rotatable bonds is 8. The molecular weight excluding hydrogens is 294 g/mol. The van der Waals surface area contributed by atoms with Crippen LogP contribution in [0.3, 0.4) is 0 Å². The molecule has 0 fully saturated rings. The van der Waals surface area contributed by atoms with E-state index in [0.29, 0.717) is 5.76 Å². The number of hydrogen-bond donors (Lipinski definition) is 1. The van der Waals surface area contributed by atoms with E-state index in [1.165, 1.54) is 24.4 Å². The summed E-state index contributed by atoms with van der Waals surface area (Å²) in [4.78, 5) is 11.1. The minimum absolute atomic E-state index is 0.0615. The number of furan rings is 1. The second-order valence-electron chi connectivity index (χ2n) is 5.97. The van der Waals surface area contributed by atoms with Crippen LogP contribution >= 0.6 is 0 Å². The van der Waals surface area contributed by atoms with Crippen molar-refractivity contribution in [3.8, 4) is 0 Å². The molecule has 0 spiro atoms. The average molecular weight is 317 g/mol. The van der Waals surface area contributed by atoms with Crippen molar-refractivity contribution in [3.05, 3.63) is 24.2 Å². The molecule has 7 heteroatoms. The number of nitrogens with zero attached hydrogens (tertiary/aromatic N) is 1. The van der Waals surface area contributed by atoms with Crippen LogP contribution < -0.4 is 0 Å². The Morgan fingerprint density at radius 2 is 2.05 bits per heavy atom. The molecule has 0 radical (unpaired) electrons. The lowest BCUT2D eigenvalue weighted by atomic mass is 9.91. The van der Waals surface area contributed by atoms with E-state index in [1.807, 2.05) is 0 Å². The van der Waals surface area contributed by atoms with Crippen molar-refractivity contribution in [1.82, 2.24) is 4.31 Å². The molecule has 0 atom stereocenters. The molecule has 6 nitrogen and oxygen atoms in total. The highest BCUT2D eigenvalue weighted by Gasteiger charge is 2.32. The largest absolute Gasteiger partial charge is 0.481 e. The molecule has 120 valence electrons. The topological polar surface area (TPSA) is 87.8 Å². The summed E-state index contributed by atoms with van der Waals surface area (Å²) in [5, 5.41) is 9.07. The third-order valence-corrected chi connectivity index (χ3v) is 5.37. The van der Waals surface area contributed by atoms with E-state index in [-0.39, 0.29) is 24.8 Å². The molecule has 1 rings (SSSR count). The second-order valence-corrected chi connectivity index (χ2v) is 8.01. The molecule has 0 aliphatic heterocycles. The number of sulfonamides is 1. The monoisotopic (exact) mass is 317 g/mol. The fourth-order valence-electron chi connectivity index (χ4n) is 1.77. The van der Waals surface area contributed by atoms with Gasteiger partial charge in [0, 0.05) is 6.04 Å². The van der Waals surface area contributed by atoms with Gasteiger partial charge in [0.1, 0.15) is 5.76 Å². The lowest BCUT2D eigenvalue weighted by molar-refractivity contribution is -0.146. The zero-order valence-corrected chi connectivity index (χ0v) is 13.7. The Balaban J connectivity index is 2.83. The number of carbonyl (C=O) groups is 1. The van der Waals surface area contributed by atoms with Crippen LogP contribution in [0.2, 0.25) is 0 Å². The average Bonchev–Trinajstić information content (AvgIpc) is 2.86. The molecule has 0 amide bonds. The normalized spacial score (nSPS) is 13.0. The molecular formula is C14H23NO5S. The number of carboxylic acids is 1. The summed E-state index contributed by atoms with van der Waals surface area (Å²) < 4.78 is 31.4. The number of aliphatic carboxylic acids is 1. The predicted octanol–water partition coefficient (Wildman–Crippen LogP) is 2.32. The predicted molar refractivity (Wildman–Crippen MR) is 79.2 cm³/mol. The van der Waals surface area contributed by atoms with Crippen molar-refractivity contribution < 1.29 is 22.7 Å². The van der Waals surface area contributed by atoms with Gasteiger partial charge in [-0.05, 0) is 46.2 Å². The summed E-state index contributed by atoms with van der Waals surface area (Å²) in [5.74, 6) is -0.643. The maximum Gasteiger partial charge on any atom is 0.309 e. The smallest absolute Gasteiger partial charge is 0.309 e. The number of carboxylic acid groups (broad SMARTS) is 1. The van der Waals surface area contributed by atoms with E-state index in [1.54, 1.807) is 26.0 Å². The summed E-state index contributed by atoms with van der Waals surface area (Å²) in [6.45, 7) is 6.76. The van der Waals surface area contributed by atoms with Crippen molar-refractivity contribution in [1.29, 1.82) is 0 Å². The molecule has 0 aliphatic rings. The minimum atomic E-state index is -3.55. The molecule has 0 unspecified atom stereocenters. The Bertz CT molecular complexity index is 560. The highest BCUT2D eigenvalue weighted by Crippen LogP contribution is 2.23. The van der Waals surface area contributed by atoms with Crippen molar-refractivity contribution >= 4 is 16.0 Å². The van der Waals surface area contributed by atoms with E-state index in [0.717, 1.165) is 0 Å². The Morgan fingerprint density at radius 1 is 1.43 bits per heavy atom. The lowest BCUT2D eigenvalue weighted by Gasteiger charge is -2.27. The van der Waals surface area contributed by atoms with Gasteiger partial charge in [-0.1, -0.05) is 0 Å². The van der Waals surface area contributed by atoms with Gasteiger partial charge >= 0.3 is 5.97 Å². The van der Waals surface area contributed by atoms with Crippen molar-refractivity contribution in [2.45, 2.75) is 46.7 Å². The molecule has 1 N–H and O–H groups in total. The van der Waals surface area contributed by atoms with Gasteiger partial charge in [-0.25, -0.2) is 8.42 Å². The van der Waals surface area contributed by atoms with Gasteiger partial charge < -0.3 is 9.52 Å². The number of hydrogen-bond acceptors (Lipinski definition) is 4. The minimum Gasteiger partial charge on any atom is -0.481 e. The first-order valence-corrected chi connectivity index (χ1v) is 8.42. The quantitative estimate of drug-likeness (QED) is 0.795. The van der Waals surface area contributed by atoms with E-state index >= 15 is 0 Å². The zero-order chi connectivity index (χ0) is 16.3. The molecule has 0 saturated heterocycles. The van der Waals surface area contributed by atoms with E-state index in [9.17, 15) is 13.2 Å². The third-order valence-electron chi connectivity index (χ3n) is 3.39. The highest BCUT2D eigenvalue weighted by atomic mass is 32.2. The first-order valence-electron chi connectivity index (χ1n) is 6.81. The van der Waals surface area contributed by atoms with Crippen LogP contribution in [0.15, 0.2) is 22.8 Å². The highest BCUT2D eigenvalue weighted by molar-refractivity contribution is 7.89. The molecule has 0 aromatic carbocycles. The SMILES string of the molecule is CC(C)N(Cc1ccco1)S(=O)(=O)CCC(C)(C)C(=O)O. The Morgan fingerprint density at radius 3 is 2.48 bits per heavy atom. The van der Waals surface area contributed by atoms with Crippen molar-refractivity contribution in [3.63, 3.8) is 0 Å². The molecule has 1 heterocycles. The summed E-state index contributed by atoms with van der Waals surface area (Å²) in [7, 11) is -3.55. The molecule has 0 aliphatic carbocycles. The molecule has 1 aromatic rings. The Kier molecular flexibility index (Phi) is 5.58. The van der Waals surface area contributed by atoms with Gasteiger partial charge in [0.25, 0.3) is 0 Å². The van der Waals surface area contributed by atoms with Crippen LogP contribution in [0.25, 0.3) is 0 Å². The Hall–Kier alpha value is -1.34. The maximum absolute atomic E-state index is 12.5. The first-order chi connectivity index (χ1) is 9.56. The van der Waals surface area contributed by atoms with Crippen molar-refractivity contribution in [2.24, 2.45) is 5.41 Å². The first kappa shape index (κ1) is 17.7. The summed E-state index contributed by atoms with van der Waals surface area (Å²) in [6, 6.07) is 3.19. The van der Waals surface area contributed by atoms with Gasteiger partial charge in [0.2, 0.25) is 10.0 Å². The fraction of sp³-hybridized carbons (Fsp3) is 0.643. The maximum atomic E-state index is 12.5. The molecule has 0 bridgehead atoms. The van der Waals surface area contributed by atoms with Gasteiger partial charge in [0.05, 0.1) is 24.0 Å². The molecule has 1 aromatic heterocycles. The Labute approximate surface area is 125 Å². The van der Waals surface area contributed by atoms with Gasteiger partial charge in [-0.15, -0.1) is 0 Å². The molecule has 0 saturated carbocycles. The van der Waals surface area contributed by atoms with Gasteiger partial charge in [0.15, 0.2) is 0 Å². The van der Waals surface area contributed by atoms with Crippen LogP contribution in [-0.2, 0) is 21.4 Å². The van der Waals surface area contributed by atoms with Crippen LogP contribution in [0, 0.1) is 5.41 Å². The van der Waals surface area contributed by atoms with Crippen LogP contribution in [0.4, 0.5) is 0 Å². The van der Waals surface area contributed by atoms with E-state index in [2.05, 4.69) is 0 Å². The van der Waals surface area contributed by atoms with Crippen LogP contribution in [-0.4, -0.2) is 35.6 Å². The van der Waals surface area contributed by atoms with E-state index in [4.69, 9.17) is 9.52 Å². The summed E-state index contributed by atoms with van der Waals surface area (Å²) in [6.07, 6.45) is 1.56. The van der Waals surface area contributed by atoms with Gasteiger partial charge in [-0.3, -0.25) is 4.79 Å². The third kappa shape index (κ3) is 4.86. The second kappa shape index (κ2) is 6.62. The summed E-state index contributed by atoms with van der Waals surface area (Å²) in [5.41, 5.74) is -1.07. The zero-order valence-electron chi connectivity index (χ0n) is 12.9. The van der Waals surface area contributed by atoms with E-state index < -0.39 is 21.4 Å². The standard InChI is InChI=1S/C14H23NO5S/c1-11(2)15(10-12-6-5-8-20-12)21(18,19)9-7-14(3,4)13(16)17/h5-6,8,11H,7,9-10H2,1-4H3,(H,16,17). The molecule has 21 heavy (non-hydrogen) atoms. The fourth-order valence-corrected chi connectivity index (χ4v) is 3.74. The summed E-state index contributed by atoms with van der Waals surface area (Å²) >= 11 is 0. The lowest BCUT2D eigenvalue weighted by Crippen LogP contribution is -2.39. The van der Waals surface area contributed by atoms with Crippen LogP contribution in [0.1, 0.15) is 39.9 Å².